The second-order valence-electron chi connectivity index (χ2n) is 7.88. The Morgan fingerprint density at radius 2 is 1.94 bits per heavy atom. The fraction of sp³-hybridized carbons (Fsp3) is 0.200. The molecule has 162 valence electrons. The number of benzene rings is 3. The van der Waals surface area contributed by atoms with Gasteiger partial charge in [-0.1, -0.05) is 24.3 Å². The molecule has 1 unspecified atom stereocenters. The van der Waals surface area contributed by atoms with Gasteiger partial charge in [-0.3, -0.25) is 14.7 Å². The smallest absolute Gasteiger partial charge is 0.261 e. The van der Waals surface area contributed by atoms with Crippen molar-refractivity contribution in [1.29, 1.82) is 0 Å². The summed E-state index contributed by atoms with van der Waals surface area (Å²) in [5.74, 6) is 1.26. The van der Waals surface area contributed by atoms with Crippen LogP contribution in [0.4, 0.5) is 17.1 Å². The highest BCUT2D eigenvalue weighted by molar-refractivity contribution is 6.17. The molecule has 1 atom stereocenters. The number of fused-ring (bicyclic) bond motifs is 4. The van der Waals surface area contributed by atoms with E-state index in [1.165, 1.54) is 0 Å². The molecule has 5 rings (SSSR count). The second kappa shape index (κ2) is 8.20. The lowest BCUT2D eigenvalue weighted by molar-refractivity contribution is 0.0986. The topological polar surface area (TPSA) is 77.2 Å². The van der Waals surface area contributed by atoms with E-state index in [4.69, 9.17) is 26.8 Å². The van der Waals surface area contributed by atoms with Crippen molar-refractivity contribution < 1.29 is 14.3 Å². The number of carbonyl (C=O) groups is 1. The number of aliphatic imine (C=N–C) groups is 1. The molecule has 3 aromatic rings. The second-order valence-corrected chi connectivity index (χ2v) is 8.15. The van der Waals surface area contributed by atoms with Crippen LogP contribution in [0.3, 0.4) is 0 Å². The van der Waals surface area contributed by atoms with Gasteiger partial charge < -0.3 is 15.2 Å². The number of alkyl halides is 1. The Hall–Kier alpha value is -3.51. The Morgan fingerprint density at radius 3 is 2.75 bits per heavy atom. The number of hydrogen-bond acceptors (Lipinski definition) is 5. The van der Waals surface area contributed by atoms with E-state index >= 15 is 0 Å². The summed E-state index contributed by atoms with van der Waals surface area (Å²) in [4.78, 5) is 19.9. The average molecular weight is 448 g/mol. The molecule has 2 N–H and O–H groups in total. The van der Waals surface area contributed by atoms with Crippen LogP contribution in [0.5, 0.6) is 11.5 Å². The van der Waals surface area contributed by atoms with Crippen molar-refractivity contribution in [2.24, 2.45) is 4.99 Å². The van der Waals surface area contributed by atoms with Crippen molar-refractivity contribution in [3.8, 4) is 11.5 Å². The first-order chi connectivity index (χ1) is 15.6. The minimum absolute atomic E-state index is 0.0973. The lowest BCUT2D eigenvalue weighted by Gasteiger charge is -2.22. The molecule has 2 heterocycles. The van der Waals surface area contributed by atoms with Crippen LogP contribution in [0.15, 0.2) is 59.6 Å². The van der Waals surface area contributed by atoms with Crippen molar-refractivity contribution in [2.45, 2.75) is 24.9 Å². The molecule has 0 fully saturated rings. The molecule has 0 aromatic heterocycles. The third kappa shape index (κ3) is 3.56. The van der Waals surface area contributed by atoms with E-state index in [1.54, 1.807) is 19.2 Å². The number of nitrogens with zero attached hydrogens (tertiary/aromatic N) is 2. The van der Waals surface area contributed by atoms with Gasteiger partial charge in [-0.2, -0.15) is 0 Å². The van der Waals surface area contributed by atoms with Crippen LogP contribution in [0.2, 0.25) is 0 Å². The van der Waals surface area contributed by atoms with Gasteiger partial charge in [0, 0.05) is 36.0 Å². The monoisotopic (exact) mass is 447 g/mol. The Bertz CT molecular complexity index is 1240. The summed E-state index contributed by atoms with van der Waals surface area (Å²) in [5.41, 5.74) is 11.5. The summed E-state index contributed by atoms with van der Waals surface area (Å²) in [6.45, 7) is 0.282. The first-order valence-electron chi connectivity index (χ1n) is 10.3. The summed E-state index contributed by atoms with van der Waals surface area (Å²) in [5, 5.41) is 0. The van der Waals surface area contributed by atoms with Crippen LogP contribution in [0.1, 0.15) is 27.0 Å². The van der Waals surface area contributed by atoms with Gasteiger partial charge >= 0.3 is 0 Å². The third-order valence-electron chi connectivity index (χ3n) is 5.75. The number of rotatable bonds is 5. The summed E-state index contributed by atoms with van der Waals surface area (Å²) < 4.78 is 11.6. The summed E-state index contributed by atoms with van der Waals surface area (Å²) in [6.07, 6.45) is 2.59. The molecule has 2 aliphatic heterocycles. The van der Waals surface area contributed by atoms with Crippen LogP contribution in [-0.4, -0.2) is 25.3 Å². The Labute approximate surface area is 191 Å². The molecule has 0 spiro atoms. The predicted molar refractivity (Wildman–Crippen MR) is 127 cm³/mol. The Balaban J connectivity index is 1.47. The standard InChI is InChI=1S/C25H22ClN3O3/c1-31-23-10-20-21(11-24(23)32-14-16-6-15(12-26)7-18(27)8-16)28-13-19-9-17-4-2-3-5-22(17)29(19)25(20)30/h2-8,10-11,13,19H,9,12,14,27H2,1H3. The van der Waals surface area contributed by atoms with Gasteiger partial charge in [-0.15, -0.1) is 11.6 Å². The van der Waals surface area contributed by atoms with E-state index in [2.05, 4.69) is 11.1 Å². The zero-order chi connectivity index (χ0) is 22.2. The maximum atomic E-state index is 13.5. The van der Waals surface area contributed by atoms with E-state index in [0.717, 1.165) is 28.8 Å². The molecular weight excluding hydrogens is 426 g/mol. The van der Waals surface area contributed by atoms with E-state index in [0.29, 0.717) is 34.3 Å². The van der Waals surface area contributed by atoms with Gasteiger partial charge in [-0.05, 0) is 41.0 Å². The minimum Gasteiger partial charge on any atom is -0.493 e. The number of anilines is 2. The van der Waals surface area contributed by atoms with Gasteiger partial charge in [0.05, 0.1) is 24.4 Å². The maximum Gasteiger partial charge on any atom is 0.261 e. The quantitative estimate of drug-likeness (QED) is 0.446. The van der Waals surface area contributed by atoms with Gasteiger partial charge in [0.2, 0.25) is 0 Å². The van der Waals surface area contributed by atoms with Gasteiger partial charge in [0.25, 0.3) is 5.91 Å². The highest BCUT2D eigenvalue weighted by Crippen LogP contribution is 2.41. The number of nitrogens with two attached hydrogens (primary N) is 1. The zero-order valence-electron chi connectivity index (χ0n) is 17.5. The molecule has 3 aromatic carbocycles. The lowest BCUT2D eigenvalue weighted by Crippen LogP contribution is -2.37. The molecule has 0 saturated heterocycles. The third-order valence-corrected chi connectivity index (χ3v) is 6.06. The fourth-order valence-electron chi connectivity index (χ4n) is 4.30. The van der Waals surface area contributed by atoms with Crippen molar-refractivity contribution in [3.05, 3.63) is 76.9 Å². The Morgan fingerprint density at radius 1 is 1.12 bits per heavy atom. The number of ether oxygens (including phenoxy) is 2. The molecule has 6 nitrogen and oxygen atoms in total. The van der Waals surface area contributed by atoms with Gasteiger partial charge in [0.15, 0.2) is 11.5 Å². The number of carbonyl (C=O) groups excluding carboxylic acids is 1. The SMILES string of the molecule is COc1cc2c(cc1OCc1cc(N)cc(CCl)c1)N=CC1Cc3ccccc3N1C2=O. The number of halogens is 1. The van der Waals surface area contributed by atoms with Crippen molar-refractivity contribution >= 4 is 40.8 Å². The van der Waals surface area contributed by atoms with Crippen molar-refractivity contribution in [3.63, 3.8) is 0 Å². The van der Waals surface area contributed by atoms with E-state index in [1.807, 2.05) is 47.5 Å². The van der Waals surface area contributed by atoms with Crippen molar-refractivity contribution in [2.75, 3.05) is 17.7 Å². The van der Waals surface area contributed by atoms with E-state index in [-0.39, 0.29) is 18.6 Å². The highest BCUT2D eigenvalue weighted by Gasteiger charge is 2.36. The molecule has 0 bridgehead atoms. The molecule has 0 aliphatic carbocycles. The number of amides is 1. The van der Waals surface area contributed by atoms with E-state index < -0.39 is 0 Å². The number of hydrogen-bond donors (Lipinski definition) is 1. The summed E-state index contributed by atoms with van der Waals surface area (Å²) in [6, 6.07) is 16.9. The summed E-state index contributed by atoms with van der Waals surface area (Å²) >= 11 is 5.95. The maximum absolute atomic E-state index is 13.5. The fourth-order valence-corrected chi connectivity index (χ4v) is 4.46. The molecule has 2 aliphatic rings. The average Bonchev–Trinajstić information content (AvgIpc) is 3.12. The number of para-hydroxylation sites is 1. The first-order valence-corrected chi connectivity index (χ1v) is 10.9. The lowest BCUT2D eigenvalue weighted by atomic mass is 10.1. The van der Waals surface area contributed by atoms with Gasteiger partial charge in [-0.25, -0.2) is 0 Å². The predicted octanol–water partition coefficient (Wildman–Crippen LogP) is 4.88. The number of methoxy groups -OCH3 is 1. The molecule has 0 radical (unpaired) electrons. The highest BCUT2D eigenvalue weighted by atomic mass is 35.5. The zero-order valence-corrected chi connectivity index (χ0v) is 18.3. The van der Waals surface area contributed by atoms with Crippen LogP contribution < -0.4 is 20.1 Å². The molecule has 0 saturated carbocycles. The normalized spacial score (nSPS) is 16.2. The largest absolute Gasteiger partial charge is 0.493 e. The van der Waals surface area contributed by atoms with Crippen LogP contribution in [0.25, 0.3) is 0 Å². The number of nitrogen functional groups attached to an aromatic ring is 1. The first kappa shape index (κ1) is 20.4. The van der Waals surface area contributed by atoms with E-state index in [9.17, 15) is 4.79 Å². The van der Waals surface area contributed by atoms with Crippen LogP contribution in [0, 0.1) is 0 Å². The summed E-state index contributed by atoms with van der Waals surface area (Å²) in [7, 11) is 1.55. The van der Waals surface area contributed by atoms with Crippen molar-refractivity contribution in [1.82, 2.24) is 0 Å². The molecule has 1 amide bonds. The van der Waals surface area contributed by atoms with Crippen LogP contribution >= 0.6 is 11.6 Å². The molecule has 32 heavy (non-hydrogen) atoms. The minimum atomic E-state index is -0.107. The molecular formula is C25H22ClN3O3. The van der Waals surface area contributed by atoms with Crippen LogP contribution in [-0.2, 0) is 18.9 Å². The molecule has 7 heteroatoms. The van der Waals surface area contributed by atoms with Gasteiger partial charge in [0.1, 0.15) is 6.61 Å². The Kier molecular flexibility index (Phi) is 5.23.